The fourth-order valence-electron chi connectivity index (χ4n) is 2.38. The van der Waals surface area contributed by atoms with E-state index in [-0.39, 0.29) is 32.8 Å². The van der Waals surface area contributed by atoms with E-state index in [0.717, 1.165) is 11.3 Å². The molecular formula is C16H18ClN3O5S. The van der Waals surface area contributed by atoms with Crippen LogP contribution >= 0.6 is 22.9 Å². The molecule has 2 aromatic heterocycles. The minimum atomic E-state index is -0.670. The van der Waals surface area contributed by atoms with Crippen LogP contribution in [0.15, 0.2) is 0 Å². The molecule has 0 aliphatic heterocycles. The molecule has 0 atom stereocenters. The molecule has 2 heterocycles. The van der Waals surface area contributed by atoms with Crippen molar-refractivity contribution in [2.75, 3.05) is 19.0 Å². The molecule has 2 aromatic rings. The van der Waals surface area contributed by atoms with Gasteiger partial charge in [-0.25, -0.2) is 9.59 Å². The van der Waals surface area contributed by atoms with E-state index in [1.54, 1.807) is 27.8 Å². The fraction of sp³-hybridized carbons (Fsp3) is 0.375. The highest BCUT2D eigenvalue weighted by atomic mass is 35.5. The van der Waals surface area contributed by atoms with Crippen molar-refractivity contribution in [2.24, 2.45) is 7.05 Å². The highest BCUT2D eigenvalue weighted by Crippen LogP contribution is 2.35. The molecule has 0 fully saturated rings. The number of halogens is 1. The van der Waals surface area contributed by atoms with Crippen LogP contribution in [0.4, 0.5) is 5.00 Å². The molecule has 0 saturated carbocycles. The second-order valence-corrected chi connectivity index (χ2v) is 6.70. The Kier molecular flexibility index (Phi) is 6.04. The Morgan fingerprint density at radius 2 is 1.92 bits per heavy atom. The molecule has 0 aromatic carbocycles. The van der Waals surface area contributed by atoms with Crippen molar-refractivity contribution in [3.8, 4) is 0 Å². The van der Waals surface area contributed by atoms with Crippen LogP contribution in [0, 0.1) is 13.8 Å². The number of hydrogen-bond donors (Lipinski definition) is 1. The number of carbonyl (C=O) groups is 3. The Balaban J connectivity index is 2.47. The summed E-state index contributed by atoms with van der Waals surface area (Å²) in [5.74, 6) is -1.80. The third kappa shape index (κ3) is 3.58. The number of aryl methyl sites for hydroxylation is 2. The Hall–Kier alpha value is -2.39. The SMILES string of the molecule is CCOC(=O)c1sc(NC(=O)c2c(Cl)c(C)nn2C)c(C(=O)OC)c1C. The number of anilines is 1. The van der Waals surface area contributed by atoms with Crippen LogP contribution in [0.1, 0.15) is 48.7 Å². The van der Waals surface area contributed by atoms with Crippen LogP contribution in [0.2, 0.25) is 5.02 Å². The zero-order valence-corrected chi connectivity index (χ0v) is 16.5. The Morgan fingerprint density at radius 1 is 1.27 bits per heavy atom. The van der Waals surface area contributed by atoms with Crippen molar-refractivity contribution in [3.05, 3.63) is 32.4 Å². The number of esters is 2. The van der Waals surface area contributed by atoms with Crippen LogP contribution in [0.25, 0.3) is 0 Å². The largest absolute Gasteiger partial charge is 0.465 e. The Morgan fingerprint density at radius 3 is 2.42 bits per heavy atom. The molecule has 0 aliphatic carbocycles. The summed E-state index contributed by atoms with van der Waals surface area (Å²) in [7, 11) is 2.80. The molecule has 0 spiro atoms. The number of ether oxygens (including phenoxy) is 2. The first-order valence-electron chi connectivity index (χ1n) is 7.62. The number of hydrogen-bond acceptors (Lipinski definition) is 7. The first-order chi connectivity index (χ1) is 12.2. The van der Waals surface area contributed by atoms with E-state index in [1.165, 1.54) is 11.8 Å². The summed E-state index contributed by atoms with van der Waals surface area (Å²) in [5, 5.41) is 7.09. The summed E-state index contributed by atoms with van der Waals surface area (Å²) < 4.78 is 11.1. The summed E-state index contributed by atoms with van der Waals surface area (Å²) >= 11 is 7.07. The van der Waals surface area contributed by atoms with Gasteiger partial charge in [-0.1, -0.05) is 11.6 Å². The molecule has 2 rings (SSSR count). The molecule has 10 heteroatoms. The molecule has 1 N–H and O–H groups in total. The fourth-order valence-corrected chi connectivity index (χ4v) is 3.71. The van der Waals surface area contributed by atoms with E-state index in [4.69, 9.17) is 21.1 Å². The third-order valence-corrected chi connectivity index (χ3v) is 5.23. The van der Waals surface area contributed by atoms with Crippen LogP contribution in [-0.2, 0) is 16.5 Å². The number of nitrogens with zero attached hydrogens (tertiary/aromatic N) is 2. The third-order valence-electron chi connectivity index (χ3n) is 3.59. The summed E-state index contributed by atoms with van der Waals surface area (Å²) in [4.78, 5) is 37.1. The zero-order chi connectivity index (χ0) is 19.6. The van der Waals surface area contributed by atoms with Gasteiger partial charge in [0.25, 0.3) is 5.91 Å². The smallest absolute Gasteiger partial charge is 0.348 e. The molecular weight excluding hydrogens is 382 g/mol. The first-order valence-corrected chi connectivity index (χ1v) is 8.81. The zero-order valence-electron chi connectivity index (χ0n) is 14.9. The minimum Gasteiger partial charge on any atom is -0.465 e. The lowest BCUT2D eigenvalue weighted by molar-refractivity contribution is 0.0531. The Bertz CT molecular complexity index is 887. The second-order valence-electron chi connectivity index (χ2n) is 5.30. The normalized spacial score (nSPS) is 10.5. The topological polar surface area (TPSA) is 99.5 Å². The van der Waals surface area contributed by atoms with Gasteiger partial charge in [-0.15, -0.1) is 11.3 Å². The van der Waals surface area contributed by atoms with E-state index < -0.39 is 17.8 Å². The van der Waals surface area contributed by atoms with Crippen molar-refractivity contribution < 1.29 is 23.9 Å². The molecule has 0 bridgehead atoms. The minimum absolute atomic E-state index is 0.101. The van der Waals surface area contributed by atoms with Crippen LogP contribution in [-0.4, -0.2) is 41.3 Å². The van der Waals surface area contributed by atoms with Gasteiger partial charge in [-0.3, -0.25) is 9.48 Å². The van der Waals surface area contributed by atoms with E-state index in [0.29, 0.717) is 11.3 Å². The van der Waals surface area contributed by atoms with Gasteiger partial charge in [0.1, 0.15) is 15.6 Å². The van der Waals surface area contributed by atoms with Crippen molar-refractivity contribution in [2.45, 2.75) is 20.8 Å². The van der Waals surface area contributed by atoms with E-state index in [9.17, 15) is 14.4 Å². The van der Waals surface area contributed by atoms with Gasteiger partial charge >= 0.3 is 11.9 Å². The quantitative estimate of drug-likeness (QED) is 0.776. The van der Waals surface area contributed by atoms with Crippen molar-refractivity contribution in [1.82, 2.24) is 9.78 Å². The maximum Gasteiger partial charge on any atom is 0.348 e. The van der Waals surface area contributed by atoms with Gasteiger partial charge in [-0.2, -0.15) is 5.10 Å². The van der Waals surface area contributed by atoms with Gasteiger partial charge in [0, 0.05) is 7.05 Å². The lowest BCUT2D eigenvalue weighted by Gasteiger charge is -2.06. The molecule has 0 unspecified atom stereocenters. The predicted molar refractivity (Wildman–Crippen MR) is 97.3 cm³/mol. The molecule has 0 aliphatic rings. The van der Waals surface area contributed by atoms with Gasteiger partial charge < -0.3 is 14.8 Å². The van der Waals surface area contributed by atoms with Gasteiger partial charge in [0.05, 0.1) is 30.0 Å². The van der Waals surface area contributed by atoms with Crippen LogP contribution in [0.5, 0.6) is 0 Å². The average Bonchev–Trinajstić information content (AvgIpc) is 3.03. The van der Waals surface area contributed by atoms with Crippen LogP contribution < -0.4 is 5.32 Å². The van der Waals surface area contributed by atoms with Crippen LogP contribution in [0.3, 0.4) is 0 Å². The van der Waals surface area contributed by atoms with Gasteiger partial charge in [0.2, 0.25) is 0 Å². The number of thiophene rings is 1. The lowest BCUT2D eigenvalue weighted by atomic mass is 10.1. The maximum absolute atomic E-state index is 12.6. The van der Waals surface area contributed by atoms with E-state index in [2.05, 4.69) is 10.4 Å². The average molecular weight is 400 g/mol. The number of amides is 1. The van der Waals surface area contributed by atoms with Gasteiger partial charge in [0.15, 0.2) is 0 Å². The molecule has 0 saturated heterocycles. The van der Waals surface area contributed by atoms with E-state index >= 15 is 0 Å². The maximum atomic E-state index is 12.6. The second kappa shape index (κ2) is 7.88. The highest BCUT2D eigenvalue weighted by molar-refractivity contribution is 7.18. The molecule has 8 nitrogen and oxygen atoms in total. The molecule has 26 heavy (non-hydrogen) atoms. The predicted octanol–water partition coefficient (Wildman–Crippen LogP) is 2.97. The summed E-state index contributed by atoms with van der Waals surface area (Å²) in [5.41, 5.74) is 1.12. The number of aromatic nitrogens is 2. The first kappa shape index (κ1) is 19.9. The number of carbonyl (C=O) groups excluding carboxylic acids is 3. The highest BCUT2D eigenvalue weighted by Gasteiger charge is 2.28. The van der Waals surface area contributed by atoms with Gasteiger partial charge in [-0.05, 0) is 26.3 Å². The van der Waals surface area contributed by atoms with Crippen molar-refractivity contribution >= 4 is 45.8 Å². The number of rotatable bonds is 5. The standard InChI is InChI=1S/C16H18ClN3O5S/c1-6-25-16(23)12-7(2)9(15(22)24-5)14(26-12)18-13(21)11-10(17)8(3)19-20(11)4/h6H2,1-5H3,(H,18,21). The number of methoxy groups -OCH3 is 1. The van der Waals surface area contributed by atoms with Crippen molar-refractivity contribution in [1.29, 1.82) is 0 Å². The summed E-state index contributed by atoms with van der Waals surface area (Å²) in [6.45, 7) is 5.13. The van der Waals surface area contributed by atoms with Crippen molar-refractivity contribution in [3.63, 3.8) is 0 Å². The monoisotopic (exact) mass is 399 g/mol. The summed E-state index contributed by atoms with van der Waals surface area (Å²) in [6.07, 6.45) is 0. The van der Waals surface area contributed by atoms with E-state index in [1.807, 2.05) is 0 Å². The number of nitrogens with one attached hydrogen (secondary N) is 1. The Labute approximate surface area is 159 Å². The lowest BCUT2D eigenvalue weighted by Crippen LogP contribution is -2.18. The summed E-state index contributed by atoms with van der Waals surface area (Å²) in [6, 6.07) is 0. The molecule has 140 valence electrons. The molecule has 0 radical (unpaired) electrons. The molecule has 1 amide bonds.